The first-order chi connectivity index (χ1) is 13.6. The van der Waals surface area contributed by atoms with Crippen molar-refractivity contribution in [2.24, 2.45) is 0 Å². The van der Waals surface area contributed by atoms with Crippen LogP contribution in [0.3, 0.4) is 0 Å². The van der Waals surface area contributed by atoms with Crippen molar-refractivity contribution in [1.29, 1.82) is 0 Å². The molecule has 146 valence electrons. The van der Waals surface area contributed by atoms with Crippen molar-refractivity contribution in [3.63, 3.8) is 0 Å². The summed E-state index contributed by atoms with van der Waals surface area (Å²) < 4.78 is 27.1. The molecule has 0 bridgehead atoms. The fourth-order valence-electron chi connectivity index (χ4n) is 3.33. The third kappa shape index (κ3) is 4.09. The number of hydrogen-bond acceptors (Lipinski definition) is 6. The summed E-state index contributed by atoms with van der Waals surface area (Å²) in [4.78, 5) is 9.05. The van der Waals surface area contributed by atoms with Gasteiger partial charge < -0.3 is 5.32 Å². The lowest BCUT2D eigenvalue weighted by molar-refractivity contribution is 0.346. The Balaban J connectivity index is 1.56. The van der Waals surface area contributed by atoms with E-state index < -0.39 is 10.0 Å². The van der Waals surface area contributed by atoms with Gasteiger partial charge in [0.25, 0.3) is 0 Å². The SMILES string of the molecule is O=S(=O)(c1ccc(NC(c2ccccc2)c2nccs2)nc1)N1CCCCC1. The van der Waals surface area contributed by atoms with Crippen molar-refractivity contribution >= 4 is 27.2 Å². The molecule has 2 aromatic heterocycles. The molecule has 0 spiro atoms. The molecule has 1 aliphatic heterocycles. The number of nitrogens with one attached hydrogen (secondary N) is 1. The molecule has 1 fully saturated rings. The summed E-state index contributed by atoms with van der Waals surface area (Å²) in [6, 6.07) is 13.2. The van der Waals surface area contributed by atoms with Crippen LogP contribution in [0.2, 0.25) is 0 Å². The topological polar surface area (TPSA) is 75.2 Å². The quantitative estimate of drug-likeness (QED) is 0.662. The highest BCUT2D eigenvalue weighted by molar-refractivity contribution is 7.89. The van der Waals surface area contributed by atoms with Gasteiger partial charge in [-0.05, 0) is 30.5 Å². The first-order valence-corrected chi connectivity index (χ1v) is 11.6. The summed E-state index contributed by atoms with van der Waals surface area (Å²) in [6.45, 7) is 1.17. The Labute approximate surface area is 169 Å². The smallest absolute Gasteiger partial charge is 0.244 e. The van der Waals surface area contributed by atoms with E-state index in [2.05, 4.69) is 15.3 Å². The second-order valence-electron chi connectivity index (χ2n) is 6.70. The molecule has 0 saturated carbocycles. The predicted molar refractivity (Wildman–Crippen MR) is 111 cm³/mol. The number of piperidine rings is 1. The van der Waals surface area contributed by atoms with E-state index in [1.807, 2.05) is 35.7 Å². The zero-order valence-corrected chi connectivity index (χ0v) is 17.0. The van der Waals surface area contributed by atoms with Crippen molar-refractivity contribution in [3.8, 4) is 0 Å². The Bertz CT molecular complexity index is 984. The number of pyridine rings is 1. The van der Waals surface area contributed by atoms with Crippen molar-refractivity contribution in [1.82, 2.24) is 14.3 Å². The zero-order chi connectivity index (χ0) is 19.4. The third-order valence-corrected chi connectivity index (χ3v) is 7.54. The highest BCUT2D eigenvalue weighted by Gasteiger charge is 2.26. The van der Waals surface area contributed by atoms with E-state index in [0.29, 0.717) is 18.9 Å². The van der Waals surface area contributed by atoms with Crippen LogP contribution >= 0.6 is 11.3 Å². The minimum absolute atomic E-state index is 0.141. The monoisotopic (exact) mass is 414 g/mol. The molecule has 28 heavy (non-hydrogen) atoms. The number of aromatic nitrogens is 2. The number of rotatable bonds is 6. The number of benzene rings is 1. The fourth-order valence-corrected chi connectivity index (χ4v) is 5.51. The normalized spacial score (nSPS) is 16.6. The van der Waals surface area contributed by atoms with Gasteiger partial charge in [-0.2, -0.15) is 4.31 Å². The van der Waals surface area contributed by atoms with E-state index in [1.54, 1.807) is 34.0 Å². The Hall–Kier alpha value is -2.29. The van der Waals surface area contributed by atoms with E-state index in [0.717, 1.165) is 29.8 Å². The summed E-state index contributed by atoms with van der Waals surface area (Å²) in [7, 11) is -3.47. The standard InChI is InChI=1S/C20H22N4O2S2/c25-28(26,24-12-5-2-6-13-24)17-9-10-18(22-15-17)23-19(20-21-11-14-27-20)16-7-3-1-4-8-16/h1,3-4,7-11,14-15,19H,2,5-6,12-13H2,(H,22,23). The molecule has 3 aromatic rings. The lowest BCUT2D eigenvalue weighted by Crippen LogP contribution is -2.35. The lowest BCUT2D eigenvalue weighted by Gasteiger charge is -2.25. The molecule has 3 heterocycles. The third-order valence-electron chi connectivity index (χ3n) is 4.81. The second kappa shape index (κ2) is 8.38. The average Bonchev–Trinajstić information content (AvgIpc) is 3.28. The summed E-state index contributed by atoms with van der Waals surface area (Å²) in [5.41, 5.74) is 1.07. The molecule has 1 aromatic carbocycles. The number of nitrogens with zero attached hydrogens (tertiary/aromatic N) is 3. The lowest BCUT2D eigenvalue weighted by atomic mass is 10.1. The Morgan fingerprint density at radius 3 is 2.43 bits per heavy atom. The first-order valence-electron chi connectivity index (χ1n) is 9.32. The maximum absolute atomic E-state index is 12.8. The number of thiazole rings is 1. The molecule has 4 rings (SSSR count). The van der Waals surface area contributed by atoms with Crippen molar-refractivity contribution in [2.45, 2.75) is 30.2 Å². The zero-order valence-electron chi connectivity index (χ0n) is 15.4. The van der Waals surface area contributed by atoms with Crippen LogP contribution in [0.4, 0.5) is 5.82 Å². The van der Waals surface area contributed by atoms with Crippen molar-refractivity contribution in [3.05, 3.63) is 70.8 Å². The summed E-state index contributed by atoms with van der Waals surface area (Å²) >= 11 is 1.57. The van der Waals surface area contributed by atoms with Crippen molar-refractivity contribution in [2.75, 3.05) is 18.4 Å². The summed E-state index contributed by atoms with van der Waals surface area (Å²) in [6.07, 6.45) is 6.14. The van der Waals surface area contributed by atoms with Gasteiger partial charge in [0, 0.05) is 30.9 Å². The number of sulfonamides is 1. The molecule has 0 amide bonds. The van der Waals surface area contributed by atoms with E-state index in [-0.39, 0.29) is 10.9 Å². The summed E-state index contributed by atoms with van der Waals surface area (Å²) in [5, 5.41) is 6.25. The second-order valence-corrected chi connectivity index (χ2v) is 9.57. The van der Waals surface area contributed by atoms with Gasteiger partial charge in [0.1, 0.15) is 21.8 Å². The predicted octanol–water partition coefficient (Wildman–Crippen LogP) is 3.91. The average molecular weight is 415 g/mol. The van der Waals surface area contributed by atoms with Gasteiger partial charge in [-0.25, -0.2) is 18.4 Å². The highest BCUT2D eigenvalue weighted by atomic mass is 32.2. The van der Waals surface area contributed by atoms with Crippen LogP contribution in [-0.2, 0) is 10.0 Å². The van der Waals surface area contributed by atoms with Crippen LogP contribution in [0.5, 0.6) is 0 Å². The first kappa shape index (κ1) is 19.0. The Morgan fingerprint density at radius 1 is 1.00 bits per heavy atom. The number of anilines is 1. The van der Waals surface area contributed by atoms with E-state index in [1.165, 1.54) is 6.20 Å². The molecule has 1 N–H and O–H groups in total. The molecule has 6 nitrogen and oxygen atoms in total. The molecule has 1 aliphatic rings. The van der Waals surface area contributed by atoms with Crippen LogP contribution < -0.4 is 5.32 Å². The van der Waals surface area contributed by atoms with Gasteiger partial charge in [0.2, 0.25) is 10.0 Å². The fraction of sp³-hybridized carbons (Fsp3) is 0.300. The van der Waals surface area contributed by atoms with Gasteiger partial charge in [-0.15, -0.1) is 11.3 Å². The minimum atomic E-state index is -3.47. The molecule has 8 heteroatoms. The molecule has 0 radical (unpaired) electrons. The van der Waals surface area contributed by atoms with Gasteiger partial charge >= 0.3 is 0 Å². The van der Waals surface area contributed by atoms with Crippen LogP contribution in [0.1, 0.15) is 35.9 Å². The molecule has 1 atom stereocenters. The molecule has 1 saturated heterocycles. The van der Waals surface area contributed by atoms with Crippen LogP contribution in [0.25, 0.3) is 0 Å². The maximum atomic E-state index is 12.8. The van der Waals surface area contributed by atoms with Gasteiger partial charge in [0.15, 0.2) is 0 Å². The maximum Gasteiger partial charge on any atom is 0.244 e. The molecule has 1 unspecified atom stereocenters. The van der Waals surface area contributed by atoms with Gasteiger partial charge in [-0.3, -0.25) is 0 Å². The highest BCUT2D eigenvalue weighted by Crippen LogP contribution is 2.28. The minimum Gasteiger partial charge on any atom is -0.357 e. The molecular weight excluding hydrogens is 392 g/mol. The largest absolute Gasteiger partial charge is 0.357 e. The van der Waals surface area contributed by atoms with Crippen molar-refractivity contribution < 1.29 is 8.42 Å². The van der Waals surface area contributed by atoms with E-state index >= 15 is 0 Å². The van der Waals surface area contributed by atoms with Crippen LogP contribution in [-0.4, -0.2) is 35.8 Å². The van der Waals surface area contributed by atoms with E-state index in [4.69, 9.17) is 0 Å². The van der Waals surface area contributed by atoms with Gasteiger partial charge in [0.05, 0.1) is 0 Å². The Morgan fingerprint density at radius 2 is 1.79 bits per heavy atom. The molecular formula is C20H22N4O2S2. The molecule has 0 aliphatic carbocycles. The van der Waals surface area contributed by atoms with E-state index in [9.17, 15) is 8.42 Å². The van der Waals surface area contributed by atoms with Crippen LogP contribution in [0, 0.1) is 0 Å². The van der Waals surface area contributed by atoms with Gasteiger partial charge in [-0.1, -0.05) is 36.8 Å². The Kier molecular flexibility index (Phi) is 5.70. The summed E-state index contributed by atoms with van der Waals surface area (Å²) in [5.74, 6) is 0.613. The number of hydrogen-bond donors (Lipinski definition) is 1. The van der Waals surface area contributed by atoms with Crippen LogP contribution in [0.15, 0.2) is 65.1 Å².